The molecule has 1 atom stereocenters. The fourth-order valence-corrected chi connectivity index (χ4v) is 2.27. The summed E-state index contributed by atoms with van der Waals surface area (Å²) < 4.78 is 16.0. The van der Waals surface area contributed by atoms with E-state index in [9.17, 15) is 0 Å². The smallest absolute Gasteiger partial charge is 0.229 e. The molecule has 1 aliphatic heterocycles. The van der Waals surface area contributed by atoms with E-state index in [1.54, 1.807) is 13.3 Å². The quantitative estimate of drug-likeness (QED) is 0.880. The second-order valence-corrected chi connectivity index (χ2v) is 4.40. The van der Waals surface area contributed by atoms with Gasteiger partial charge in [-0.2, -0.15) is 0 Å². The van der Waals surface area contributed by atoms with Crippen molar-refractivity contribution in [2.75, 3.05) is 12.8 Å². The molecular weight excluding hydrogens is 232 g/mol. The topological polar surface area (TPSA) is 70.5 Å². The molecule has 2 heterocycles. The number of nitrogens with zero attached hydrogens (tertiary/aromatic N) is 1. The maximum absolute atomic E-state index is 5.74. The lowest BCUT2D eigenvalue weighted by Crippen LogP contribution is -2.05. The van der Waals surface area contributed by atoms with Crippen LogP contribution in [0.15, 0.2) is 22.9 Å². The summed E-state index contributed by atoms with van der Waals surface area (Å²) in [6, 6.07) is 3.93. The van der Waals surface area contributed by atoms with E-state index in [1.807, 2.05) is 19.1 Å². The van der Waals surface area contributed by atoms with E-state index in [4.69, 9.17) is 19.7 Å². The predicted molar refractivity (Wildman–Crippen MR) is 66.7 cm³/mol. The molecule has 0 radical (unpaired) electrons. The van der Waals surface area contributed by atoms with Gasteiger partial charge in [0.25, 0.3) is 0 Å². The predicted octanol–water partition coefficient (Wildman–Crippen LogP) is 2.26. The number of hydrogen-bond acceptors (Lipinski definition) is 5. The molecule has 5 nitrogen and oxygen atoms in total. The fourth-order valence-electron chi connectivity index (χ4n) is 2.27. The molecular formula is C13H14N2O3. The molecule has 5 heteroatoms. The van der Waals surface area contributed by atoms with Crippen LogP contribution < -0.4 is 15.2 Å². The van der Waals surface area contributed by atoms with Gasteiger partial charge >= 0.3 is 0 Å². The van der Waals surface area contributed by atoms with Crippen LogP contribution in [0.1, 0.15) is 12.5 Å². The molecule has 0 saturated carbocycles. The molecule has 1 aliphatic rings. The fraction of sp³-hybridized carbons (Fsp3) is 0.308. The third-order valence-electron chi connectivity index (χ3n) is 3.09. The van der Waals surface area contributed by atoms with Crippen LogP contribution in [-0.2, 0) is 6.42 Å². The zero-order valence-electron chi connectivity index (χ0n) is 10.3. The minimum Gasteiger partial charge on any atom is -0.493 e. The van der Waals surface area contributed by atoms with E-state index in [-0.39, 0.29) is 6.10 Å². The average molecular weight is 246 g/mol. The Morgan fingerprint density at radius 1 is 1.44 bits per heavy atom. The van der Waals surface area contributed by atoms with Gasteiger partial charge in [0.2, 0.25) is 5.88 Å². The van der Waals surface area contributed by atoms with E-state index in [2.05, 4.69) is 5.16 Å². The Bertz CT molecular complexity index is 592. The van der Waals surface area contributed by atoms with E-state index >= 15 is 0 Å². The van der Waals surface area contributed by atoms with E-state index < -0.39 is 0 Å². The Labute approximate surface area is 104 Å². The second-order valence-electron chi connectivity index (χ2n) is 4.40. The van der Waals surface area contributed by atoms with Crippen LogP contribution in [-0.4, -0.2) is 18.4 Å². The van der Waals surface area contributed by atoms with Crippen LogP contribution in [0.5, 0.6) is 11.5 Å². The molecule has 94 valence electrons. The molecule has 0 bridgehead atoms. The Hall–Kier alpha value is -2.17. The molecule has 0 amide bonds. The molecule has 0 fully saturated rings. The van der Waals surface area contributed by atoms with Crippen molar-refractivity contribution >= 4 is 5.88 Å². The first-order valence-electron chi connectivity index (χ1n) is 5.77. The van der Waals surface area contributed by atoms with Crippen LogP contribution in [0.3, 0.4) is 0 Å². The summed E-state index contributed by atoms with van der Waals surface area (Å²) in [5.41, 5.74) is 8.56. The number of nitrogens with two attached hydrogens (primary N) is 1. The highest BCUT2D eigenvalue weighted by atomic mass is 16.5. The van der Waals surface area contributed by atoms with Crippen molar-refractivity contribution in [3.63, 3.8) is 0 Å². The molecule has 1 unspecified atom stereocenters. The number of aromatic nitrogens is 1. The number of hydrogen-bond donors (Lipinski definition) is 1. The zero-order valence-corrected chi connectivity index (χ0v) is 10.3. The Morgan fingerprint density at radius 2 is 2.28 bits per heavy atom. The van der Waals surface area contributed by atoms with Crippen molar-refractivity contribution in [3.05, 3.63) is 23.9 Å². The molecule has 1 aromatic carbocycles. The van der Waals surface area contributed by atoms with Crippen LogP contribution in [0.4, 0.5) is 5.88 Å². The number of rotatable bonds is 2. The van der Waals surface area contributed by atoms with Crippen LogP contribution in [0, 0.1) is 0 Å². The normalized spacial score (nSPS) is 17.3. The van der Waals surface area contributed by atoms with Gasteiger partial charge in [0.1, 0.15) is 6.10 Å². The minimum atomic E-state index is 0.170. The summed E-state index contributed by atoms with van der Waals surface area (Å²) in [5, 5.41) is 3.69. The van der Waals surface area contributed by atoms with Gasteiger partial charge in [-0.25, -0.2) is 0 Å². The van der Waals surface area contributed by atoms with Gasteiger partial charge in [0.15, 0.2) is 11.5 Å². The summed E-state index contributed by atoms with van der Waals surface area (Å²) in [6.45, 7) is 2.03. The molecule has 18 heavy (non-hydrogen) atoms. The molecule has 0 aliphatic carbocycles. The lowest BCUT2D eigenvalue weighted by Gasteiger charge is -2.09. The molecule has 2 aromatic rings. The van der Waals surface area contributed by atoms with Crippen molar-refractivity contribution in [1.82, 2.24) is 5.16 Å². The zero-order chi connectivity index (χ0) is 12.7. The highest BCUT2D eigenvalue weighted by molar-refractivity contribution is 5.75. The van der Waals surface area contributed by atoms with Crippen molar-refractivity contribution in [3.8, 4) is 22.6 Å². The molecule has 0 saturated heterocycles. The number of anilines is 1. The SMILES string of the molecule is COc1cc(-c2cnoc2N)cc2c1OC(C)C2. The van der Waals surface area contributed by atoms with Crippen LogP contribution >= 0.6 is 0 Å². The highest BCUT2D eigenvalue weighted by Crippen LogP contribution is 2.42. The number of ether oxygens (including phenoxy) is 2. The van der Waals surface area contributed by atoms with Crippen molar-refractivity contribution in [2.24, 2.45) is 0 Å². The molecule has 0 spiro atoms. The summed E-state index contributed by atoms with van der Waals surface area (Å²) in [4.78, 5) is 0. The van der Waals surface area contributed by atoms with Gasteiger partial charge in [0, 0.05) is 12.0 Å². The van der Waals surface area contributed by atoms with Gasteiger partial charge in [-0.1, -0.05) is 5.16 Å². The second kappa shape index (κ2) is 3.94. The van der Waals surface area contributed by atoms with E-state index in [1.165, 1.54) is 0 Å². The first kappa shape index (κ1) is 11.0. The van der Waals surface area contributed by atoms with Gasteiger partial charge in [-0.05, 0) is 24.6 Å². The summed E-state index contributed by atoms with van der Waals surface area (Å²) in [5.74, 6) is 1.85. The minimum absolute atomic E-state index is 0.170. The Kier molecular flexibility index (Phi) is 2.40. The van der Waals surface area contributed by atoms with Crippen LogP contribution in [0.25, 0.3) is 11.1 Å². The number of benzene rings is 1. The maximum Gasteiger partial charge on any atom is 0.229 e. The number of nitrogen functional groups attached to an aromatic ring is 1. The first-order chi connectivity index (χ1) is 8.69. The number of fused-ring (bicyclic) bond motifs is 1. The van der Waals surface area contributed by atoms with Crippen molar-refractivity contribution in [1.29, 1.82) is 0 Å². The van der Waals surface area contributed by atoms with E-state index in [0.29, 0.717) is 11.6 Å². The molecule has 3 rings (SSSR count). The molecule has 2 N–H and O–H groups in total. The standard InChI is InChI=1S/C13H14N2O3/c1-7-3-9-4-8(10-6-15-18-13(10)14)5-11(16-2)12(9)17-7/h4-7H,3,14H2,1-2H3. The average Bonchev–Trinajstić information content (AvgIpc) is 2.92. The van der Waals surface area contributed by atoms with Gasteiger partial charge in [-0.15, -0.1) is 0 Å². The Balaban J connectivity index is 2.14. The third-order valence-corrected chi connectivity index (χ3v) is 3.09. The summed E-state index contributed by atoms with van der Waals surface area (Å²) in [6.07, 6.45) is 2.64. The summed E-state index contributed by atoms with van der Waals surface area (Å²) in [7, 11) is 1.63. The first-order valence-corrected chi connectivity index (χ1v) is 5.77. The van der Waals surface area contributed by atoms with Gasteiger partial charge in [-0.3, -0.25) is 0 Å². The highest BCUT2D eigenvalue weighted by Gasteiger charge is 2.24. The van der Waals surface area contributed by atoms with Gasteiger partial charge < -0.3 is 19.7 Å². The lowest BCUT2D eigenvalue weighted by molar-refractivity contribution is 0.243. The monoisotopic (exact) mass is 246 g/mol. The van der Waals surface area contributed by atoms with Crippen molar-refractivity contribution in [2.45, 2.75) is 19.4 Å². The number of methoxy groups -OCH3 is 1. The Morgan fingerprint density at radius 3 is 2.94 bits per heavy atom. The molecule has 1 aromatic heterocycles. The largest absolute Gasteiger partial charge is 0.493 e. The lowest BCUT2D eigenvalue weighted by atomic mass is 10.0. The van der Waals surface area contributed by atoms with Crippen LogP contribution in [0.2, 0.25) is 0 Å². The van der Waals surface area contributed by atoms with E-state index in [0.717, 1.165) is 28.9 Å². The summed E-state index contributed by atoms with van der Waals surface area (Å²) >= 11 is 0. The third kappa shape index (κ3) is 1.59. The van der Waals surface area contributed by atoms with Gasteiger partial charge in [0.05, 0.1) is 18.9 Å². The maximum atomic E-state index is 5.74. The van der Waals surface area contributed by atoms with Crippen molar-refractivity contribution < 1.29 is 14.0 Å².